The van der Waals surface area contributed by atoms with Crippen LogP contribution in [0.3, 0.4) is 0 Å². The molecule has 0 radical (unpaired) electrons. The highest BCUT2D eigenvalue weighted by Crippen LogP contribution is 2.28. The Hall–Kier alpha value is -0.820. The summed E-state index contributed by atoms with van der Waals surface area (Å²) in [7, 11) is 0. The van der Waals surface area contributed by atoms with Gasteiger partial charge in [0.2, 0.25) is 0 Å². The Morgan fingerprint density at radius 3 is 0.586 bits per heavy atom. The second-order valence-corrected chi connectivity index (χ2v) is 19.5. The number of hydrogen-bond donors (Lipinski definition) is 0. The van der Waals surface area contributed by atoms with Gasteiger partial charge in [0.05, 0.1) is 19.6 Å². The summed E-state index contributed by atoms with van der Waals surface area (Å²) in [6.07, 6.45) is 65.4. The van der Waals surface area contributed by atoms with E-state index in [0.29, 0.717) is 0 Å². The Bertz CT molecular complexity index is 793. The van der Waals surface area contributed by atoms with Crippen LogP contribution in [0.25, 0.3) is 0 Å². The average molecular weight is 810 g/mol. The monoisotopic (exact) mass is 809 g/mol. The third-order valence-electron chi connectivity index (χ3n) is 13.9. The molecule has 0 atom stereocenters. The van der Waals surface area contributed by atoms with Crippen LogP contribution in [0, 0.1) is 0 Å². The van der Waals surface area contributed by atoms with Gasteiger partial charge in [-0.05, 0) is 50.7 Å². The summed E-state index contributed by atoms with van der Waals surface area (Å²) >= 11 is 0. The van der Waals surface area contributed by atoms with Crippen molar-refractivity contribution in [2.24, 2.45) is 0 Å². The van der Waals surface area contributed by atoms with Crippen LogP contribution in [0.1, 0.15) is 310 Å². The normalized spacial score (nSPS) is 11.9. The minimum atomic E-state index is 1.26. The lowest BCUT2D eigenvalue weighted by Gasteiger charge is -2.39. The first-order chi connectivity index (χ1) is 28.8. The van der Waals surface area contributed by atoms with Crippen LogP contribution in [0.15, 0.2) is 30.3 Å². The number of para-hydroxylation sites is 1. The second-order valence-electron chi connectivity index (χ2n) is 19.5. The zero-order valence-electron chi connectivity index (χ0n) is 40.8. The van der Waals surface area contributed by atoms with Gasteiger partial charge in [0.25, 0.3) is 0 Å². The maximum atomic E-state index is 2.49. The fourth-order valence-corrected chi connectivity index (χ4v) is 9.82. The molecule has 0 heterocycles. The predicted molar refractivity (Wildman–Crippen MR) is 268 cm³/mol. The molecule has 1 heteroatoms. The van der Waals surface area contributed by atoms with E-state index in [-0.39, 0.29) is 0 Å². The highest BCUT2D eigenvalue weighted by Gasteiger charge is 2.29. The Labute approximate surface area is 368 Å². The van der Waals surface area contributed by atoms with Gasteiger partial charge in [-0.3, -0.25) is 4.48 Å². The number of benzene rings is 1. The van der Waals surface area contributed by atoms with Crippen molar-refractivity contribution in [1.82, 2.24) is 4.48 Å². The lowest BCUT2D eigenvalue weighted by atomic mass is 10.0. The van der Waals surface area contributed by atoms with Crippen molar-refractivity contribution in [1.29, 1.82) is 0 Å². The largest absolute Gasteiger partial charge is 0.291 e. The standard InChI is InChI=1S/C57H110N/c1-4-7-10-13-16-19-22-25-28-31-34-37-40-43-49-54-58(57-52-47-46-48-53-57,55-50-44-41-38-35-32-29-26-23-20-17-14-11-8-5-2)56-51-45-42-39-36-33-30-27-24-21-18-15-12-9-6-3/h46-48,52-53H,4-45,49-51,54-56H2,1-3H3/q+1. The zero-order chi connectivity index (χ0) is 41.6. The zero-order valence-corrected chi connectivity index (χ0v) is 40.8. The number of rotatable bonds is 49. The van der Waals surface area contributed by atoms with Crippen LogP contribution in [0.5, 0.6) is 0 Å². The van der Waals surface area contributed by atoms with Crippen molar-refractivity contribution in [3.05, 3.63) is 30.3 Å². The molecule has 0 saturated heterocycles. The maximum absolute atomic E-state index is 2.49. The molecule has 1 rings (SSSR count). The molecule has 0 fully saturated rings. The van der Waals surface area contributed by atoms with Crippen LogP contribution in [-0.2, 0) is 0 Å². The minimum Gasteiger partial charge on any atom is -0.291 e. The van der Waals surface area contributed by atoms with Crippen LogP contribution in [0.2, 0.25) is 0 Å². The minimum absolute atomic E-state index is 1.26. The Balaban J connectivity index is 2.44. The number of hydrogen-bond acceptors (Lipinski definition) is 0. The predicted octanol–water partition coefficient (Wildman–Crippen LogP) is 20.6. The molecule has 342 valence electrons. The molecule has 1 aromatic carbocycles. The van der Waals surface area contributed by atoms with Crippen LogP contribution >= 0.6 is 0 Å². The molecule has 1 nitrogen and oxygen atoms in total. The van der Waals surface area contributed by atoms with E-state index in [9.17, 15) is 0 Å². The van der Waals surface area contributed by atoms with Crippen molar-refractivity contribution in [2.45, 2.75) is 310 Å². The molecule has 0 aliphatic rings. The molecule has 0 saturated carbocycles. The van der Waals surface area contributed by atoms with Crippen molar-refractivity contribution < 1.29 is 0 Å². The van der Waals surface area contributed by atoms with Gasteiger partial charge in [-0.1, -0.05) is 289 Å². The first-order valence-electron chi connectivity index (χ1n) is 27.7. The summed E-state index contributed by atoms with van der Waals surface area (Å²) < 4.78 is 1.26. The van der Waals surface area contributed by atoms with Crippen LogP contribution < -0.4 is 4.48 Å². The van der Waals surface area contributed by atoms with Crippen molar-refractivity contribution in [3.63, 3.8) is 0 Å². The summed E-state index contributed by atoms with van der Waals surface area (Å²) in [5.41, 5.74) is 1.61. The number of quaternary nitrogens is 1. The molecule has 0 amide bonds. The van der Waals surface area contributed by atoms with Crippen molar-refractivity contribution in [2.75, 3.05) is 19.6 Å². The molecule has 0 spiro atoms. The van der Waals surface area contributed by atoms with E-state index >= 15 is 0 Å². The molecular formula is C57H110N+. The number of nitrogens with zero attached hydrogens (tertiary/aromatic N) is 1. The van der Waals surface area contributed by atoms with E-state index in [1.165, 1.54) is 313 Å². The maximum Gasteiger partial charge on any atom is 0.132 e. The topological polar surface area (TPSA) is 0 Å². The van der Waals surface area contributed by atoms with Gasteiger partial charge in [0.15, 0.2) is 0 Å². The summed E-state index contributed by atoms with van der Waals surface area (Å²) in [6, 6.07) is 11.9. The fraction of sp³-hybridized carbons (Fsp3) is 0.895. The Morgan fingerprint density at radius 1 is 0.224 bits per heavy atom. The van der Waals surface area contributed by atoms with E-state index < -0.39 is 0 Å². The van der Waals surface area contributed by atoms with E-state index in [2.05, 4.69) is 51.1 Å². The summed E-state index contributed by atoms with van der Waals surface area (Å²) in [4.78, 5) is 0. The molecular weight excluding hydrogens is 699 g/mol. The van der Waals surface area contributed by atoms with Gasteiger partial charge in [0.1, 0.15) is 5.69 Å². The van der Waals surface area contributed by atoms with Gasteiger partial charge in [-0.15, -0.1) is 0 Å². The van der Waals surface area contributed by atoms with Gasteiger partial charge >= 0.3 is 0 Å². The molecule has 0 aliphatic heterocycles. The molecule has 0 unspecified atom stereocenters. The van der Waals surface area contributed by atoms with Gasteiger partial charge in [-0.2, -0.15) is 0 Å². The third kappa shape index (κ3) is 35.9. The van der Waals surface area contributed by atoms with E-state index in [1.807, 2.05) is 0 Å². The second kappa shape index (κ2) is 45.7. The highest BCUT2D eigenvalue weighted by molar-refractivity contribution is 5.42. The Kier molecular flexibility index (Phi) is 43.5. The quantitative estimate of drug-likeness (QED) is 0.0454. The van der Waals surface area contributed by atoms with Gasteiger partial charge in [-0.25, -0.2) is 0 Å². The lowest BCUT2D eigenvalue weighted by molar-refractivity contribution is 0.252. The van der Waals surface area contributed by atoms with Crippen molar-refractivity contribution >= 4 is 5.69 Å². The van der Waals surface area contributed by atoms with Crippen LogP contribution in [0.4, 0.5) is 5.69 Å². The molecule has 0 aliphatic carbocycles. The van der Waals surface area contributed by atoms with Crippen LogP contribution in [-0.4, -0.2) is 19.6 Å². The average Bonchev–Trinajstić information content (AvgIpc) is 3.25. The third-order valence-corrected chi connectivity index (χ3v) is 13.9. The number of unbranched alkanes of at least 4 members (excludes halogenated alkanes) is 42. The Morgan fingerprint density at radius 2 is 0.397 bits per heavy atom. The molecule has 1 aromatic rings. The van der Waals surface area contributed by atoms with E-state index in [1.54, 1.807) is 5.69 Å². The van der Waals surface area contributed by atoms with E-state index in [4.69, 9.17) is 0 Å². The lowest BCUT2D eigenvalue weighted by Crippen LogP contribution is -2.51. The molecule has 0 N–H and O–H groups in total. The molecule has 58 heavy (non-hydrogen) atoms. The summed E-state index contributed by atoms with van der Waals surface area (Å²) in [6.45, 7) is 11.0. The van der Waals surface area contributed by atoms with E-state index in [0.717, 1.165) is 0 Å². The van der Waals surface area contributed by atoms with Gasteiger partial charge < -0.3 is 0 Å². The highest BCUT2D eigenvalue weighted by atomic mass is 15.4. The summed E-state index contributed by atoms with van der Waals surface area (Å²) in [5, 5.41) is 0. The summed E-state index contributed by atoms with van der Waals surface area (Å²) in [5.74, 6) is 0. The SMILES string of the molecule is CCCCCCCCCCCCCCCCC[N+](CCCCCCCCCCCCCCCCC)(CCCCCCCCCCCCCCCCC)c1ccccc1. The molecule has 0 bridgehead atoms. The first-order valence-corrected chi connectivity index (χ1v) is 27.7. The first kappa shape index (κ1) is 55.2. The molecule has 0 aromatic heterocycles. The smallest absolute Gasteiger partial charge is 0.132 e. The van der Waals surface area contributed by atoms with Gasteiger partial charge in [0, 0.05) is 0 Å². The van der Waals surface area contributed by atoms with Crippen molar-refractivity contribution in [3.8, 4) is 0 Å². The fourth-order valence-electron chi connectivity index (χ4n) is 9.82.